The largest absolute Gasteiger partial charge is 0.494 e. The number of esters is 1. The third kappa shape index (κ3) is 6.86. The number of halogens is 2. The van der Waals surface area contributed by atoms with E-state index in [4.69, 9.17) is 30.8 Å². The van der Waals surface area contributed by atoms with Crippen molar-refractivity contribution in [2.75, 3.05) is 26.9 Å². The Bertz CT molecular complexity index is 1750. The smallest absolute Gasteiger partial charge is 0.343 e. The Kier molecular flexibility index (Phi) is 10.5. The lowest BCUT2D eigenvalue weighted by molar-refractivity contribution is -0.142. The second kappa shape index (κ2) is 14.1. The van der Waals surface area contributed by atoms with Gasteiger partial charge in [-0.1, -0.05) is 37.6 Å². The fourth-order valence-electron chi connectivity index (χ4n) is 4.48. The molecule has 0 aliphatic rings. The summed E-state index contributed by atoms with van der Waals surface area (Å²) in [6, 6.07) is 12.8. The molecule has 4 rings (SSSR count). The first-order chi connectivity index (χ1) is 20.6. The van der Waals surface area contributed by atoms with Crippen LogP contribution in [0.2, 0.25) is 5.02 Å². The van der Waals surface area contributed by atoms with Gasteiger partial charge in [0.1, 0.15) is 10.8 Å². The molecule has 1 aromatic heterocycles. The standard InChI is InChI=1S/C32H33BrClN3O6/c1-7-41-25-13-19(5)23(15-22(25)18(3)4)31-36-24-12-10-9-11-21(24)32(39)37(31)35-16-20-14-26(42-8-2)30(29(34)28(20)33)43-17-27(38)40-6/h9-16,18H,7-8,17H2,1-6H3. The minimum atomic E-state index is -0.568. The molecule has 0 aliphatic carbocycles. The van der Waals surface area contributed by atoms with Crippen LogP contribution >= 0.6 is 27.5 Å². The van der Waals surface area contributed by atoms with Crippen LogP contribution in [0.3, 0.4) is 0 Å². The maximum atomic E-state index is 13.9. The zero-order chi connectivity index (χ0) is 31.3. The van der Waals surface area contributed by atoms with Crippen molar-refractivity contribution < 1.29 is 23.7 Å². The van der Waals surface area contributed by atoms with Gasteiger partial charge in [-0.2, -0.15) is 9.78 Å². The molecule has 0 radical (unpaired) electrons. The van der Waals surface area contributed by atoms with Crippen molar-refractivity contribution in [2.24, 2.45) is 5.10 Å². The molecule has 0 saturated carbocycles. The van der Waals surface area contributed by atoms with Crippen LogP contribution in [0, 0.1) is 6.92 Å². The van der Waals surface area contributed by atoms with Gasteiger partial charge in [-0.05, 0) is 84.1 Å². The zero-order valence-corrected chi connectivity index (χ0v) is 27.2. The van der Waals surface area contributed by atoms with Crippen LogP contribution in [-0.4, -0.2) is 48.8 Å². The number of hydrogen-bond acceptors (Lipinski definition) is 8. The van der Waals surface area contributed by atoms with E-state index < -0.39 is 5.97 Å². The average molecular weight is 671 g/mol. The normalized spacial score (nSPS) is 11.4. The zero-order valence-electron chi connectivity index (χ0n) is 24.9. The van der Waals surface area contributed by atoms with E-state index in [1.54, 1.807) is 24.3 Å². The van der Waals surface area contributed by atoms with Gasteiger partial charge in [0, 0.05) is 15.6 Å². The molecule has 0 atom stereocenters. The van der Waals surface area contributed by atoms with Crippen molar-refractivity contribution in [1.29, 1.82) is 0 Å². The van der Waals surface area contributed by atoms with E-state index in [0.29, 0.717) is 45.7 Å². The van der Waals surface area contributed by atoms with Crippen LogP contribution in [0.25, 0.3) is 22.3 Å². The Balaban J connectivity index is 1.92. The maximum Gasteiger partial charge on any atom is 0.343 e. The molecule has 0 saturated heterocycles. The van der Waals surface area contributed by atoms with E-state index >= 15 is 0 Å². The summed E-state index contributed by atoms with van der Waals surface area (Å²) >= 11 is 10.1. The number of methoxy groups -OCH3 is 1. The highest BCUT2D eigenvalue weighted by Gasteiger charge is 2.21. The maximum absolute atomic E-state index is 13.9. The Morgan fingerprint density at radius 1 is 1.09 bits per heavy atom. The fourth-order valence-corrected chi connectivity index (χ4v) is 5.14. The van der Waals surface area contributed by atoms with Gasteiger partial charge in [0.25, 0.3) is 5.56 Å². The van der Waals surface area contributed by atoms with Crippen LogP contribution in [0.1, 0.15) is 50.3 Å². The monoisotopic (exact) mass is 669 g/mol. The summed E-state index contributed by atoms with van der Waals surface area (Å²) < 4.78 is 23.7. The molecule has 9 nitrogen and oxygen atoms in total. The van der Waals surface area contributed by atoms with Gasteiger partial charge in [0.2, 0.25) is 0 Å². The molecule has 11 heteroatoms. The lowest BCUT2D eigenvalue weighted by Crippen LogP contribution is -2.21. The highest BCUT2D eigenvalue weighted by atomic mass is 79.9. The fraction of sp³-hybridized carbons (Fsp3) is 0.312. The number of rotatable bonds is 11. The quantitative estimate of drug-likeness (QED) is 0.123. The van der Waals surface area contributed by atoms with Crippen molar-refractivity contribution in [2.45, 2.75) is 40.5 Å². The number of aryl methyl sites for hydroxylation is 1. The predicted molar refractivity (Wildman–Crippen MR) is 172 cm³/mol. The third-order valence-electron chi connectivity index (χ3n) is 6.60. The van der Waals surface area contributed by atoms with Gasteiger partial charge in [-0.25, -0.2) is 9.78 Å². The van der Waals surface area contributed by atoms with Crippen molar-refractivity contribution in [1.82, 2.24) is 9.66 Å². The van der Waals surface area contributed by atoms with Crippen molar-refractivity contribution in [3.8, 4) is 28.6 Å². The van der Waals surface area contributed by atoms with E-state index in [1.165, 1.54) is 18.0 Å². The molecule has 0 spiro atoms. The summed E-state index contributed by atoms with van der Waals surface area (Å²) in [6.07, 6.45) is 1.50. The lowest BCUT2D eigenvalue weighted by atomic mass is 9.96. The van der Waals surface area contributed by atoms with E-state index in [0.717, 1.165) is 22.4 Å². The molecule has 0 aliphatic heterocycles. The number of hydrogen-bond donors (Lipinski definition) is 0. The molecule has 0 amide bonds. The summed E-state index contributed by atoms with van der Waals surface area (Å²) in [7, 11) is 1.27. The third-order valence-corrected chi connectivity index (χ3v) is 8.05. The van der Waals surface area contributed by atoms with Crippen LogP contribution in [0.5, 0.6) is 17.2 Å². The van der Waals surface area contributed by atoms with Gasteiger partial charge in [0.15, 0.2) is 23.9 Å². The first-order valence-electron chi connectivity index (χ1n) is 13.8. The second-order valence-corrected chi connectivity index (χ2v) is 11.0. The lowest BCUT2D eigenvalue weighted by Gasteiger charge is -2.18. The molecule has 4 aromatic rings. The summed E-state index contributed by atoms with van der Waals surface area (Å²) in [5.41, 5.74) is 3.37. The number of nitrogens with zero attached hydrogens (tertiary/aromatic N) is 3. The first kappa shape index (κ1) is 32.0. The summed E-state index contributed by atoms with van der Waals surface area (Å²) in [4.78, 5) is 30.4. The number of para-hydroxylation sites is 1. The average Bonchev–Trinajstić information content (AvgIpc) is 2.98. The first-order valence-corrected chi connectivity index (χ1v) is 15.0. The number of aromatic nitrogens is 2. The van der Waals surface area contributed by atoms with Gasteiger partial charge < -0.3 is 18.9 Å². The number of carbonyl (C=O) groups is 1. The highest BCUT2D eigenvalue weighted by Crippen LogP contribution is 2.42. The minimum Gasteiger partial charge on any atom is -0.494 e. The van der Waals surface area contributed by atoms with E-state index in [-0.39, 0.29) is 28.9 Å². The molecule has 226 valence electrons. The van der Waals surface area contributed by atoms with Gasteiger partial charge in [0.05, 0.1) is 37.4 Å². The van der Waals surface area contributed by atoms with Gasteiger partial charge >= 0.3 is 5.97 Å². The molecule has 3 aromatic carbocycles. The Hall–Kier alpha value is -3.89. The summed E-state index contributed by atoms with van der Waals surface area (Å²) in [6.45, 7) is 10.4. The van der Waals surface area contributed by atoms with Crippen molar-refractivity contribution >= 4 is 50.6 Å². The highest BCUT2D eigenvalue weighted by molar-refractivity contribution is 9.10. The van der Waals surface area contributed by atoms with Crippen LogP contribution < -0.4 is 19.8 Å². The summed E-state index contributed by atoms with van der Waals surface area (Å²) in [5, 5.41) is 5.22. The Morgan fingerprint density at radius 2 is 1.79 bits per heavy atom. The van der Waals surface area contributed by atoms with Gasteiger partial charge in [-0.15, -0.1) is 0 Å². The van der Waals surface area contributed by atoms with Crippen molar-refractivity contribution in [3.63, 3.8) is 0 Å². The van der Waals surface area contributed by atoms with E-state index in [2.05, 4.69) is 39.6 Å². The molecular formula is C32H33BrClN3O6. The molecule has 0 N–H and O–H groups in total. The second-order valence-electron chi connectivity index (χ2n) is 9.83. The molecule has 0 fully saturated rings. The molecule has 43 heavy (non-hydrogen) atoms. The molecule has 0 unspecified atom stereocenters. The number of ether oxygens (including phenoxy) is 4. The van der Waals surface area contributed by atoms with Crippen LogP contribution in [0.15, 0.2) is 56.8 Å². The van der Waals surface area contributed by atoms with Gasteiger partial charge in [-0.3, -0.25) is 4.79 Å². The van der Waals surface area contributed by atoms with Crippen LogP contribution in [-0.2, 0) is 9.53 Å². The Morgan fingerprint density at radius 3 is 2.47 bits per heavy atom. The van der Waals surface area contributed by atoms with E-state index in [9.17, 15) is 9.59 Å². The van der Waals surface area contributed by atoms with Crippen LogP contribution in [0.4, 0.5) is 0 Å². The minimum absolute atomic E-state index is 0.167. The SMILES string of the molecule is CCOc1cc(C)c(-c2nc3ccccc3c(=O)n2N=Cc2cc(OCC)c(OCC(=O)OC)c(Cl)c2Br)cc1C(C)C. The van der Waals surface area contributed by atoms with Crippen molar-refractivity contribution in [3.05, 3.63) is 79.0 Å². The molecular weight excluding hydrogens is 638 g/mol. The number of benzene rings is 3. The molecule has 1 heterocycles. The topological polar surface area (TPSA) is 101 Å². The number of fused-ring (bicyclic) bond motifs is 1. The number of carbonyl (C=O) groups excluding carboxylic acids is 1. The predicted octanol–water partition coefficient (Wildman–Crippen LogP) is 7.14. The molecule has 0 bridgehead atoms. The van der Waals surface area contributed by atoms with E-state index in [1.807, 2.05) is 39.0 Å². The summed E-state index contributed by atoms with van der Waals surface area (Å²) in [5.74, 6) is 1.26. The Labute approximate surface area is 263 Å².